The van der Waals surface area contributed by atoms with Crippen molar-refractivity contribution in [3.8, 4) is 0 Å². The Kier molecular flexibility index (Phi) is 4.60. The third kappa shape index (κ3) is 4.03. The SMILES string of the molecule is CC(C)(C)OC(=O)N1CCC2(CC1)CN(C1COC(C)(C)OC1)C2. The van der Waals surface area contributed by atoms with E-state index < -0.39 is 11.4 Å². The van der Waals surface area contributed by atoms with E-state index >= 15 is 0 Å². The van der Waals surface area contributed by atoms with Gasteiger partial charge in [-0.25, -0.2) is 4.79 Å². The number of ether oxygens (including phenoxy) is 3. The van der Waals surface area contributed by atoms with Crippen molar-refractivity contribution in [2.45, 2.75) is 64.9 Å². The molecule has 0 N–H and O–H groups in total. The predicted molar refractivity (Wildman–Crippen MR) is 90.8 cm³/mol. The van der Waals surface area contributed by atoms with Crippen LogP contribution >= 0.6 is 0 Å². The molecule has 1 amide bonds. The van der Waals surface area contributed by atoms with Gasteiger partial charge in [0.15, 0.2) is 5.79 Å². The molecule has 0 bridgehead atoms. The van der Waals surface area contributed by atoms with E-state index in [4.69, 9.17) is 14.2 Å². The Hall–Kier alpha value is -0.850. The summed E-state index contributed by atoms with van der Waals surface area (Å²) in [6, 6.07) is 0.368. The molecule has 0 saturated carbocycles. The summed E-state index contributed by atoms with van der Waals surface area (Å²) in [4.78, 5) is 16.5. The van der Waals surface area contributed by atoms with Crippen LogP contribution in [0.5, 0.6) is 0 Å². The average Bonchev–Trinajstić information content (AvgIpc) is 2.43. The molecule has 0 radical (unpaired) electrons. The smallest absolute Gasteiger partial charge is 0.410 e. The Balaban J connectivity index is 1.43. The number of carbonyl (C=O) groups excluding carboxylic acids is 1. The van der Waals surface area contributed by atoms with Gasteiger partial charge in [0.2, 0.25) is 0 Å². The second-order valence-corrected chi connectivity index (χ2v) is 9.05. The van der Waals surface area contributed by atoms with E-state index in [0.717, 1.165) is 52.2 Å². The van der Waals surface area contributed by atoms with Crippen molar-refractivity contribution in [2.24, 2.45) is 5.41 Å². The summed E-state index contributed by atoms with van der Waals surface area (Å²) in [5.74, 6) is -0.447. The largest absolute Gasteiger partial charge is 0.444 e. The second-order valence-electron chi connectivity index (χ2n) is 9.05. The molecular formula is C18H32N2O4. The first-order chi connectivity index (χ1) is 11.1. The Morgan fingerprint density at radius 2 is 1.62 bits per heavy atom. The van der Waals surface area contributed by atoms with Crippen LogP contribution in [-0.4, -0.2) is 72.7 Å². The molecular weight excluding hydrogens is 308 g/mol. The van der Waals surface area contributed by atoms with Gasteiger partial charge in [0, 0.05) is 26.2 Å². The zero-order valence-electron chi connectivity index (χ0n) is 15.8. The van der Waals surface area contributed by atoms with Gasteiger partial charge in [-0.2, -0.15) is 0 Å². The summed E-state index contributed by atoms with van der Waals surface area (Å²) in [5.41, 5.74) is -0.0558. The summed E-state index contributed by atoms with van der Waals surface area (Å²) in [7, 11) is 0. The molecule has 3 aliphatic heterocycles. The van der Waals surface area contributed by atoms with Crippen LogP contribution in [0, 0.1) is 5.41 Å². The lowest BCUT2D eigenvalue weighted by Crippen LogP contribution is -2.66. The summed E-state index contributed by atoms with van der Waals surface area (Å²) in [5, 5.41) is 0. The lowest BCUT2D eigenvalue weighted by molar-refractivity contribution is -0.273. The van der Waals surface area contributed by atoms with E-state index in [9.17, 15) is 4.79 Å². The molecule has 0 aliphatic carbocycles. The van der Waals surface area contributed by atoms with Gasteiger partial charge in [-0.15, -0.1) is 0 Å². The van der Waals surface area contributed by atoms with E-state index in [1.807, 2.05) is 39.5 Å². The maximum Gasteiger partial charge on any atom is 0.410 e. The van der Waals surface area contributed by atoms with Crippen LogP contribution in [0.1, 0.15) is 47.5 Å². The highest BCUT2D eigenvalue weighted by Crippen LogP contribution is 2.42. The highest BCUT2D eigenvalue weighted by atomic mass is 16.7. The Labute approximate surface area is 145 Å². The number of likely N-dealkylation sites (tertiary alicyclic amines) is 2. The molecule has 0 aromatic rings. The maximum absolute atomic E-state index is 12.2. The first-order valence-corrected chi connectivity index (χ1v) is 9.08. The molecule has 0 unspecified atom stereocenters. The first kappa shape index (κ1) is 18.0. The van der Waals surface area contributed by atoms with E-state index in [1.165, 1.54) is 0 Å². The number of carbonyl (C=O) groups is 1. The third-order valence-corrected chi connectivity index (χ3v) is 5.32. The fourth-order valence-corrected chi connectivity index (χ4v) is 3.77. The number of hydrogen-bond donors (Lipinski definition) is 0. The van der Waals surface area contributed by atoms with Crippen molar-refractivity contribution >= 4 is 6.09 Å². The van der Waals surface area contributed by atoms with E-state index in [1.54, 1.807) is 0 Å². The maximum atomic E-state index is 12.2. The van der Waals surface area contributed by atoms with Crippen molar-refractivity contribution in [3.05, 3.63) is 0 Å². The molecule has 3 rings (SSSR count). The van der Waals surface area contributed by atoms with Crippen molar-refractivity contribution in [3.63, 3.8) is 0 Å². The monoisotopic (exact) mass is 340 g/mol. The fraction of sp³-hybridized carbons (Fsp3) is 0.944. The van der Waals surface area contributed by atoms with E-state index in [2.05, 4.69) is 4.90 Å². The van der Waals surface area contributed by atoms with Crippen LogP contribution in [0.3, 0.4) is 0 Å². The molecule has 6 nitrogen and oxygen atoms in total. The standard InChI is InChI=1S/C18H32N2O4/c1-16(2,3)24-15(21)19-8-6-18(7-9-19)12-20(13-18)14-10-22-17(4,5)23-11-14/h14H,6-13H2,1-5H3. The average molecular weight is 340 g/mol. The molecule has 0 atom stereocenters. The van der Waals surface area contributed by atoms with Crippen molar-refractivity contribution in [1.82, 2.24) is 9.80 Å². The summed E-state index contributed by atoms with van der Waals surface area (Å²) >= 11 is 0. The van der Waals surface area contributed by atoms with Crippen molar-refractivity contribution < 1.29 is 19.0 Å². The van der Waals surface area contributed by atoms with Gasteiger partial charge in [0.05, 0.1) is 19.3 Å². The van der Waals surface area contributed by atoms with E-state index in [-0.39, 0.29) is 6.09 Å². The zero-order chi connectivity index (χ0) is 17.6. The number of amides is 1. The highest BCUT2D eigenvalue weighted by Gasteiger charge is 2.48. The zero-order valence-corrected chi connectivity index (χ0v) is 15.8. The fourth-order valence-electron chi connectivity index (χ4n) is 3.77. The van der Waals surface area contributed by atoms with Crippen LogP contribution < -0.4 is 0 Å². The predicted octanol–water partition coefficient (Wildman–Crippen LogP) is 2.47. The molecule has 3 aliphatic rings. The lowest BCUT2D eigenvalue weighted by Gasteiger charge is -2.57. The van der Waals surface area contributed by atoms with Crippen LogP contribution in [0.25, 0.3) is 0 Å². The van der Waals surface area contributed by atoms with Gasteiger partial charge >= 0.3 is 6.09 Å². The number of nitrogens with zero attached hydrogens (tertiary/aromatic N) is 2. The van der Waals surface area contributed by atoms with Gasteiger partial charge < -0.3 is 19.1 Å². The third-order valence-electron chi connectivity index (χ3n) is 5.32. The van der Waals surface area contributed by atoms with Crippen LogP contribution in [0.15, 0.2) is 0 Å². The minimum absolute atomic E-state index is 0.176. The molecule has 3 heterocycles. The molecule has 3 fully saturated rings. The molecule has 0 aromatic heterocycles. The van der Waals surface area contributed by atoms with Gasteiger partial charge in [-0.3, -0.25) is 4.90 Å². The topological polar surface area (TPSA) is 51.2 Å². The minimum atomic E-state index is -0.447. The first-order valence-electron chi connectivity index (χ1n) is 9.08. The summed E-state index contributed by atoms with van der Waals surface area (Å²) < 4.78 is 17.0. The number of hydrogen-bond acceptors (Lipinski definition) is 5. The van der Waals surface area contributed by atoms with Gasteiger partial charge in [-0.1, -0.05) is 0 Å². The molecule has 24 heavy (non-hydrogen) atoms. The Morgan fingerprint density at radius 1 is 1.08 bits per heavy atom. The van der Waals surface area contributed by atoms with E-state index in [0.29, 0.717) is 11.5 Å². The van der Waals surface area contributed by atoms with Crippen molar-refractivity contribution in [1.29, 1.82) is 0 Å². The van der Waals surface area contributed by atoms with Gasteiger partial charge in [0.25, 0.3) is 0 Å². The van der Waals surface area contributed by atoms with Gasteiger partial charge in [0.1, 0.15) is 5.60 Å². The number of rotatable bonds is 1. The second kappa shape index (κ2) is 6.15. The summed E-state index contributed by atoms with van der Waals surface area (Å²) in [6.07, 6.45) is 1.94. The normalized spacial score (nSPS) is 27.8. The van der Waals surface area contributed by atoms with Crippen LogP contribution in [0.2, 0.25) is 0 Å². The van der Waals surface area contributed by atoms with Crippen molar-refractivity contribution in [2.75, 3.05) is 39.4 Å². The highest BCUT2D eigenvalue weighted by molar-refractivity contribution is 5.68. The van der Waals surface area contributed by atoms with Crippen LogP contribution in [0.4, 0.5) is 4.79 Å². The molecule has 138 valence electrons. The molecule has 3 saturated heterocycles. The molecule has 6 heteroatoms. The molecule has 0 aromatic carbocycles. The Morgan fingerprint density at radius 3 is 2.12 bits per heavy atom. The lowest BCUT2D eigenvalue weighted by atomic mass is 9.71. The van der Waals surface area contributed by atoms with Gasteiger partial charge in [-0.05, 0) is 52.9 Å². The quantitative estimate of drug-likeness (QED) is 0.734. The number of piperidine rings is 1. The molecule has 1 spiro atoms. The Bertz CT molecular complexity index is 460. The minimum Gasteiger partial charge on any atom is -0.444 e. The summed E-state index contributed by atoms with van der Waals surface area (Å²) in [6.45, 7) is 14.9. The van der Waals surface area contributed by atoms with Crippen LogP contribution in [-0.2, 0) is 14.2 Å².